The molecular formula is C9H19NO2. The minimum absolute atomic E-state index is 0.00998. The molecule has 0 aromatic heterocycles. The number of ether oxygens (including phenoxy) is 1. The van der Waals surface area contributed by atoms with Gasteiger partial charge in [-0.25, -0.2) is 0 Å². The first-order chi connectivity index (χ1) is 5.49. The summed E-state index contributed by atoms with van der Waals surface area (Å²) in [5.74, 6) is 0. The Morgan fingerprint density at radius 1 is 1.42 bits per heavy atom. The van der Waals surface area contributed by atoms with Gasteiger partial charge in [-0.1, -0.05) is 20.8 Å². The molecule has 72 valence electrons. The Labute approximate surface area is 74.1 Å². The molecule has 3 heteroatoms. The number of nitrogens with one attached hydrogen (secondary N) is 1. The molecule has 1 fully saturated rings. The highest BCUT2D eigenvalue weighted by Crippen LogP contribution is 2.16. The lowest BCUT2D eigenvalue weighted by Crippen LogP contribution is -2.30. The summed E-state index contributed by atoms with van der Waals surface area (Å²) in [6, 6.07) is 0. The van der Waals surface area contributed by atoms with Crippen LogP contribution in [0.1, 0.15) is 20.8 Å². The van der Waals surface area contributed by atoms with Gasteiger partial charge in [0.2, 0.25) is 0 Å². The quantitative estimate of drug-likeness (QED) is 0.634. The molecule has 0 aromatic carbocycles. The van der Waals surface area contributed by atoms with Crippen molar-refractivity contribution in [1.82, 2.24) is 5.32 Å². The Hall–Kier alpha value is -0.120. The van der Waals surface area contributed by atoms with Crippen molar-refractivity contribution in [2.24, 2.45) is 5.41 Å². The zero-order valence-corrected chi connectivity index (χ0v) is 8.13. The van der Waals surface area contributed by atoms with Gasteiger partial charge in [0, 0.05) is 13.1 Å². The van der Waals surface area contributed by atoms with Crippen molar-refractivity contribution < 1.29 is 9.84 Å². The number of rotatable bonds is 2. The van der Waals surface area contributed by atoms with Crippen LogP contribution in [0, 0.1) is 5.41 Å². The number of hydrogen-bond donors (Lipinski definition) is 2. The van der Waals surface area contributed by atoms with Crippen LogP contribution in [0.5, 0.6) is 0 Å². The summed E-state index contributed by atoms with van der Waals surface area (Å²) in [6.45, 7) is 8.52. The van der Waals surface area contributed by atoms with E-state index in [1.807, 2.05) is 0 Å². The second-order valence-corrected chi connectivity index (χ2v) is 4.64. The van der Waals surface area contributed by atoms with E-state index in [0.29, 0.717) is 13.2 Å². The van der Waals surface area contributed by atoms with Crippen LogP contribution in [-0.4, -0.2) is 37.0 Å². The van der Waals surface area contributed by atoms with Crippen molar-refractivity contribution >= 4 is 0 Å². The third-order valence-corrected chi connectivity index (χ3v) is 1.86. The molecule has 12 heavy (non-hydrogen) atoms. The fourth-order valence-electron chi connectivity index (χ4n) is 1.17. The lowest BCUT2D eigenvalue weighted by atomic mass is 9.98. The smallest absolute Gasteiger partial charge is 0.0970 e. The van der Waals surface area contributed by atoms with E-state index in [1.165, 1.54) is 0 Å². The Balaban J connectivity index is 2.23. The topological polar surface area (TPSA) is 41.5 Å². The fourth-order valence-corrected chi connectivity index (χ4v) is 1.17. The molecule has 1 aliphatic heterocycles. The minimum atomic E-state index is -0.327. The van der Waals surface area contributed by atoms with Gasteiger partial charge in [-0.15, -0.1) is 0 Å². The van der Waals surface area contributed by atoms with Gasteiger partial charge < -0.3 is 15.2 Å². The summed E-state index contributed by atoms with van der Waals surface area (Å²) in [7, 11) is 0. The van der Waals surface area contributed by atoms with Gasteiger partial charge in [-0.05, 0) is 5.41 Å². The highest BCUT2D eigenvalue weighted by atomic mass is 16.5. The van der Waals surface area contributed by atoms with Crippen molar-refractivity contribution in [2.75, 3.05) is 19.7 Å². The maximum absolute atomic E-state index is 9.40. The summed E-state index contributed by atoms with van der Waals surface area (Å²) in [5.41, 5.74) is 0.183. The summed E-state index contributed by atoms with van der Waals surface area (Å²) in [6.07, 6.45) is -0.337. The van der Waals surface area contributed by atoms with Crippen molar-refractivity contribution in [3.05, 3.63) is 0 Å². The molecule has 1 rings (SSSR count). The zero-order chi connectivity index (χ0) is 9.19. The van der Waals surface area contributed by atoms with Gasteiger partial charge in [-0.3, -0.25) is 0 Å². The molecule has 1 heterocycles. The molecule has 1 saturated heterocycles. The molecule has 0 aliphatic carbocycles. The monoisotopic (exact) mass is 173 g/mol. The second-order valence-electron chi connectivity index (χ2n) is 4.64. The van der Waals surface area contributed by atoms with Crippen molar-refractivity contribution in [2.45, 2.75) is 33.0 Å². The standard InChI is InChI=1S/C9H19NO2/c1-9(2,3)6-12-8-5-10-4-7(8)11/h7-8,10-11H,4-6H2,1-3H3. The Bertz CT molecular complexity index is 142. The van der Waals surface area contributed by atoms with Crippen molar-refractivity contribution in [3.8, 4) is 0 Å². The summed E-state index contributed by atoms with van der Waals surface area (Å²) < 4.78 is 5.57. The number of aliphatic hydroxyl groups is 1. The number of hydrogen-bond acceptors (Lipinski definition) is 3. The molecule has 2 N–H and O–H groups in total. The van der Waals surface area contributed by atoms with Gasteiger partial charge >= 0.3 is 0 Å². The van der Waals surface area contributed by atoms with Crippen LogP contribution in [0.2, 0.25) is 0 Å². The van der Waals surface area contributed by atoms with Crippen molar-refractivity contribution in [1.29, 1.82) is 0 Å². The van der Waals surface area contributed by atoms with Crippen LogP contribution >= 0.6 is 0 Å². The summed E-state index contributed by atoms with van der Waals surface area (Å²) in [4.78, 5) is 0. The maximum Gasteiger partial charge on any atom is 0.0970 e. The Morgan fingerprint density at radius 2 is 2.08 bits per heavy atom. The van der Waals surface area contributed by atoms with E-state index in [1.54, 1.807) is 0 Å². The van der Waals surface area contributed by atoms with Gasteiger partial charge in [-0.2, -0.15) is 0 Å². The average Bonchev–Trinajstić information content (AvgIpc) is 2.29. The lowest BCUT2D eigenvalue weighted by molar-refractivity contribution is -0.0352. The third kappa shape index (κ3) is 3.09. The molecule has 2 unspecified atom stereocenters. The van der Waals surface area contributed by atoms with Crippen LogP contribution in [0.25, 0.3) is 0 Å². The normalized spacial score (nSPS) is 31.0. The van der Waals surface area contributed by atoms with E-state index in [4.69, 9.17) is 4.74 Å². The molecule has 1 aliphatic rings. The Morgan fingerprint density at radius 3 is 2.50 bits per heavy atom. The van der Waals surface area contributed by atoms with E-state index >= 15 is 0 Å². The second kappa shape index (κ2) is 3.73. The van der Waals surface area contributed by atoms with E-state index in [0.717, 1.165) is 6.54 Å². The van der Waals surface area contributed by atoms with E-state index in [-0.39, 0.29) is 17.6 Å². The molecule has 0 bridgehead atoms. The van der Waals surface area contributed by atoms with Gasteiger partial charge in [0.05, 0.1) is 18.8 Å². The molecule has 0 spiro atoms. The molecule has 0 radical (unpaired) electrons. The molecule has 0 saturated carbocycles. The number of aliphatic hydroxyl groups excluding tert-OH is 1. The molecule has 3 nitrogen and oxygen atoms in total. The van der Waals surface area contributed by atoms with Crippen LogP contribution in [-0.2, 0) is 4.74 Å². The first-order valence-electron chi connectivity index (χ1n) is 4.49. The predicted octanol–water partition coefficient (Wildman–Crippen LogP) is 0.382. The largest absolute Gasteiger partial charge is 0.389 e. The SMILES string of the molecule is CC(C)(C)COC1CNCC1O. The highest BCUT2D eigenvalue weighted by molar-refractivity contribution is 4.81. The van der Waals surface area contributed by atoms with Gasteiger partial charge in [0.15, 0.2) is 0 Å². The van der Waals surface area contributed by atoms with Crippen LogP contribution in [0.3, 0.4) is 0 Å². The lowest BCUT2D eigenvalue weighted by Gasteiger charge is -2.22. The molecule has 2 atom stereocenters. The first-order valence-corrected chi connectivity index (χ1v) is 4.49. The maximum atomic E-state index is 9.40. The van der Waals surface area contributed by atoms with Crippen LogP contribution in [0.4, 0.5) is 0 Å². The van der Waals surface area contributed by atoms with Crippen LogP contribution < -0.4 is 5.32 Å². The third-order valence-electron chi connectivity index (χ3n) is 1.86. The molecule has 0 aromatic rings. The van der Waals surface area contributed by atoms with E-state index in [2.05, 4.69) is 26.1 Å². The summed E-state index contributed by atoms with van der Waals surface area (Å²) in [5, 5.41) is 12.5. The highest BCUT2D eigenvalue weighted by Gasteiger charge is 2.26. The Kier molecular flexibility index (Phi) is 3.09. The fraction of sp³-hybridized carbons (Fsp3) is 1.00. The van der Waals surface area contributed by atoms with E-state index < -0.39 is 0 Å². The predicted molar refractivity (Wildman–Crippen MR) is 48.1 cm³/mol. The van der Waals surface area contributed by atoms with Gasteiger partial charge in [0.1, 0.15) is 0 Å². The molecule has 0 amide bonds. The van der Waals surface area contributed by atoms with E-state index in [9.17, 15) is 5.11 Å². The average molecular weight is 173 g/mol. The van der Waals surface area contributed by atoms with Gasteiger partial charge in [0.25, 0.3) is 0 Å². The molecular weight excluding hydrogens is 154 g/mol. The van der Waals surface area contributed by atoms with Crippen molar-refractivity contribution in [3.63, 3.8) is 0 Å². The summed E-state index contributed by atoms with van der Waals surface area (Å²) >= 11 is 0. The zero-order valence-electron chi connectivity index (χ0n) is 8.13. The minimum Gasteiger partial charge on any atom is -0.389 e. The first kappa shape index (κ1) is 9.96. The number of β-amino-alcohol motifs (C(OH)–C–C–N with tert-alkyl or cyclic N) is 1. The van der Waals surface area contributed by atoms with Crippen LogP contribution in [0.15, 0.2) is 0 Å².